The van der Waals surface area contributed by atoms with Gasteiger partial charge in [0.1, 0.15) is 0 Å². The summed E-state index contributed by atoms with van der Waals surface area (Å²) in [6.45, 7) is 0. The minimum absolute atomic E-state index is 0.0365. The Labute approximate surface area is 88.2 Å². The summed E-state index contributed by atoms with van der Waals surface area (Å²) in [6.07, 6.45) is 2.11. The zero-order chi connectivity index (χ0) is 9.97. The number of fused-ring (bicyclic) bond motifs is 1. The van der Waals surface area contributed by atoms with Crippen molar-refractivity contribution in [2.75, 3.05) is 0 Å². The van der Waals surface area contributed by atoms with Crippen LogP contribution in [0.4, 0.5) is 0 Å². The second-order valence-electron chi connectivity index (χ2n) is 3.33. The first kappa shape index (κ1) is 9.43. The van der Waals surface area contributed by atoms with Crippen molar-refractivity contribution in [1.82, 2.24) is 5.48 Å². The number of thiocarbonyl (C=S) groups is 1. The summed E-state index contributed by atoms with van der Waals surface area (Å²) >= 11 is 4.62. The fraction of sp³-hybridized carbons (Fsp3) is 0.300. The molecule has 0 amide bonds. The molecule has 1 atom stereocenters. The third kappa shape index (κ3) is 1.86. The number of nitrogens with one attached hydrogen (secondary N) is 1. The van der Waals surface area contributed by atoms with Crippen LogP contribution in [-0.4, -0.2) is 5.17 Å². The van der Waals surface area contributed by atoms with Crippen LogP contribution in [0.2, 0.25) is 0 Å². The van der Waals surface area contributed by atoms with Gasteiger partial charge in [0, 0.05) is 0 Å². The van der Waals surface area contributed by atoms with E-state index < -0.39 is 0 Å². The molecule has 2 rings (SSSR count). The largest absolute Gasteiger partial charge is 0.378 e. The highest BCUT2D eigenvalue weighted by molar-refractivity contribution is 7.79. The third-order valence-corrected chi connectivity index (χ3v) is 2.52. The maximum absolute atomic E-state index is 5.24. The van der Waals surface area contributed by atoms with Gasteiger partial charge in [-0.1, -0.05) is 24.3 Å². The highest BCUT2D eigenvalue weighted by Gasteiger charge is 2.22. The first-order valence-electron chi connectivity index (χ1n) is 4.57. The van der Waals surface area contributed by atoms with Crippen molar-refractivity contribution in [3.63, 3.8) is 0 Å². The maximum Gasteiger partial charge on any atom is 0.275 e. The topological polar surface area (TPSA) is 47.3 Å². The molecule has 0 radical (unpaired) electrons. The van der Waals surface area contributed by atoms with Crippen LogP contribution >= 0.6 is 12.2 Å². The van der Waals surface area contributed by atoms with E-state index in [0.717, 1.165) is 12.8 Å². The first-order chi connectivity index (χ1) is 6.77. The number of aryl methyl sites for hydroxylation is 1. The van der Waals surface area contributed by atoms with E-state index in [1.165, 1.54) is 11.1 Å². The standard InChI is InChI=1S/C10H12N2OS/c11-10(14)13-12-9-6-5-7-3-1-2-4-8(7)9/h1-4,9,12H,5-6H2,(H2,11,14). The Kier molecular flexibility index (Phi) is 2.65. The van der Waals surface area contributed by atoms with Crippen molar-refractivity contribution in [1.29, 1.82) is 0 Å². The SMILES string of the molecule is NC(=S)ONC1CCc2ccccc21. The van der Waals surface area contributed by atoms with Gasteiger partial charge in [-0.15, -0.1) is 5.48 Å². The van der Waals surface area contributed by atoms with Gasteiger partial charge >= 0.3 is 0 Å². The van der Waals surface area contributed by atoms with Crippen LogP contribution < -0.4 is 11.2 Å². The van der Waals surface area contributed by atoms with Crippen molar-refractivity contribution in [3.05, 3.63) is 35.4 Å². The van der Waals surface area contributed by atoms with Crippen LogP contribution in [-0.2, 0) is 11.3 Å². The van der Waals surface area contributed by atoms with E-state index >= 15 is 0 Å². The lowest BCUT2D eigenvalue weighted by atomic mass is 10.1. The molecular formula is C10H12N2OS. The Morgan fingerprint density at radius 2 is 2.29 bits per heavy atom. The number of rotatable bonds is 2. The zero-order valence-electron chi connectivity index (χ0n) is 7.69. The molecule has 0 heterocycles. The predicted molar refractivity (Wildman–Crippen MR) is 58.5 cm³/mol. The third-order valence-electron chi connectivity index (χ3n) is 2.43. The minimum Gasteiger partial charge on any atom is -0.378 e. The number of benzene rings is 1. The summed E-state index contributed by atoms with van der Waals surface area (Å²) in [4.78, 5) is 4.94. The molecule has 0 saturated heterocycles. The summed E-state index contributed by atoms with van der Waals surface area (Å²) in [5.41, 5.74) is 10.8. The Morgan fingerprint density at radius 3 is 3.07 bits per heavy atom. The van der Waals surface area contributed by atoms with Gasteiger partial charge < -0.3 is 10.6 Å². The second-order valence-corrected chi connectivity index (χ2v) is 3.73. The van der Waals surface area contributed by atoms with Crippen molar-refractivity contribution in [2.24, 2.45) is 5.73 Å². The van der Waals surface area contributed by atoms with Crippen LogP contribution in [0.3, 0.4) is 0 Å². The molecule has 1 aromatic carbocycles. The lowest BCUT2D eigenvalue weighted by molar-refractivity contribution is 0.143. The molecule has 74 valence electrons. The second kappa shape index (κ2) is 3.94. The number of nitrogens with two attached hydrogens (primary N) is 1. The van der Waals surface area contributed by atoms with Crippen molar-refractivity contribution in [3.8, 4) is 0 Å². The molecule has 0 bridgehead atoms. The van der Waals surface area contributed by atoms with E-state index in [1.807, 2.05) is 6.07 Å². The van der Waals surface area contributed by atoms with E-state index in [1.54, 1.807) is 0 Å². The highest BCUT2D eigenvalue weighted by atomic mass is 32.1. The van der Waals surface area contributed by atoms with Gasteiger partial charge in [0.05, 0.1) is 6.04 Å². The number of hydrogen-bond acceptors (Lipinski definition) is 3. The van der Waals surface area contributed by atoms with Crippen LogP contribution in [0, 0.1) is 0 Å². The zero-order valence-corrected chi connectivity index (χ0v) is 8.51. The van der Waals surface area contributed by atoms with E-state index in [2.05, 4.69) is 35.9 Å². The van der Waals surface area contributed by atoms with Gasteiger partial charge in [0.15, 0.2) is 0 Å². The average molecular weight is 208 g/mol. The van der Waals surface area contributed by atoms with Crippen molar-refractivity contribution in [2.45, 2.75) is 18.9 Å². The molecule has 0 aliphatic heterocycles. The molecule has 1 unspecified atom stereocenters. The van der Waals surface area contributed by atoms with Crippen LogP contribution in [0.5, 0.6) is 0 Å². The van der Waals surface area contributed by atoms with Crippen LogP contribution in [0.15, 0.2) is 24.3 Å². The quantitative estimate of drug-likeness (QED) is 0.570. The molecule has 0 fully saturated rings. The van der Waals surface area contributed by atoms with Gasteiger partial charge in [0.25, 0.3) is 5.17 Å². The Bertz CT molecular complexity index is 354. The lowest BCUT2D eigenvalue weighted by Gasteiger charge is -2.12. The normalized spacial score (nSPS) is 19.0. The highest BCUT2D eigenvalue weighted by Crippen LogP contribution is 2.30. The number of hydrogen-bond donors (Lipinski definition) is 2. The minimum atomic E-state index is 0.0365. The van der Waals surface area contributed by atoms with E-state index in [4.69, 9.17) is 10.6 Å². The molecule has 3 N–H and O–H groups in total. The molecule has 0 saturated carbocycles. The molecule has 1 aliphatic carbocycles. The Morgan fingerprint density at radius 1 is 1.50 bits per heavy atom. The molecule has 1 aromatic rings. The van der Waals surface area contributed by atoms with Crippen molar-refractivity contribution < 1.29 is 4.84 Å². The molecule has 4 heteroatoms. The molecular weight excluding hydrogens is 196 g/mol. The maximum atomic E-state index is 5.24. The molecule has 1 aliphatic rings. The summed E-state index contributed by atoms with van der Waals surface area (Å²) in [7, 11) is 0. The van der Waals surface area contributed by atoms with Gasteiger partial charge in [-0.05, 0) is 36.2 Å². The molecule has 14 heavy (non-hydrogen) atoms. The van der Waals surface area contributed by atoms with Gasteiger partial charge in [-0.25, -0.2) is 0 Å². The molecule has 3 nitrogen and oxygen atoms in total. The Hall–Kier alpha value is -1.13. The number of hydroxylamine groups is 1. The summed E-state index contributed by atoms with van der Waals surface area (Å²) in [5.74, 6) is 0. The van der Waals surface area contributed by atoms with Crippen LogP contribution in [0.25, 0.3) is 0 Å². The Balaban J connectivity index is 2.07. The first-order valence-corrected chi connectivity index (χ1v) is 4.98. The summed E-state index contributed by atoms with van der Waals surface area (Å²) < 4.78 is 0. The van der Waals surface area contributed by atoms with Crippen LogP contribution in [0.1, 0.15) is 23.6 Å². The van der Waals surface area contributed by atoms with E-state index in [9.17, 15) is 0 Å². The fourth-order valence-electron chi connectivity index (χ4n) is 1.81. The lowest BCUT2D eigenvalue weighted by Crippen LogP contribution is -2.26. The van der Waals surface area contributed by atoms with Gasteiger partial charge in [-0.2, -0.15) is 0 Å². The predicted octanol–water partition coefficient (Wildman–Crippen LogP) is 1.44. The average Bonchev–Trinajstić information content (AvgIpc) is 2.58. The summed E-state index contributed by atoms with van der Waals surface area (Å²) in [6, 6.07) is 8.53. The van der Waals surface area contributed by atoms with E-state index in [-0.39, 0.29) is 11.2 Å². The molecule has 0 aromatic heterocycles. The van der Waals surface area contributed by atoms with E-state index in [0.29, 0.717) is 0 Å². The van der Waals surface area contributed by atoms with Gasteiger partial charge in [-0.3, -0.25) is 0 Å². The molecule has 0 spiro atoms. The smallest absolute Gasteiger partial charge is 0.275 e. The summed E-state index contributed by atoms with van der Waals surface area (Å²) in [5, 5.41) is 0.0365. The fourth-order valence-corrected chi connectivity index (χ4v) is 1.86. The monoisotopic (exact) mass is 208 g/mol. The van der Waals surface area contributed by atoms with Gasteiger partial charge in [0.2, 0.25) is 0 Å². The van der Waals surface area contributed by atoms with Crippen molar-refractivity contribution >= 4 is 17.4 Å².